The van der Waals surface area contributed by atoms with Crippen LogP contribution in [-0.4, -0.2) is 56.7 Å². The molecule has 1 aliphatic heterocycles. The number of carbonyl (C=O) groups is 1. The summed E-state index contributed by atoms with van der Waals surface area (Å²) in [4.78, 5) is 27.0. The van der Waals surface area contributed by atoms with Crippen LogP contribution in [0.25, 0.3) is 5.69 Å². The van der Waals surface area contributed by atoms with Crippen molar-refractivity contribution in [1.82, 2.24) is 19.7 Å². The molecule has 2 heterocycles. The highest BCUT2D eigenvalue weighted by Gasteiger charge is 2.27. The zero-order valence-corrected chi connectivity index (χ0v) is 14.2. The first-order valence-electron chi connectivity index (χ1n) is 8.14. The van der Waals surface area contributed by atoms with Crippen molar-refractivity contribution in [2.24, 2.45) is 5.92 Å². The summed E-state index contributed by atoms with van der Waals surface area (Å²) in [6.45, 7) is 6.05. The van der Waals surface area contributed by atoms with Crippen molar-refractivity contribution < 1.29 is 9.72 Å². The molecule has 0 unspecified atom stereocenters. The number of amides is 1. The average Bonchev–Trinajstić information content (AvgIpc) is 3.15. The Bertz CT molecular complexity index is 766. The van der Waals surface area contributed by atoms with Gasteiger partial charge in [0.15, 0.2) is 0 Å². The molecular weight excluding hydrogens is 324 g/mol. The second kappa shape index (κ2) is 6.88. The number of rotatable bonds is 4. The normalized spacial score (nSPS) is 14.8. The van der Waals surface area contributed by atoms with Crippen LogP contribution >= 0.6 is 0 Å². The molecule has 1 aromatic carbocycles. The summed E-state index contributed by atoms with van der Waals surface area (Å²) in [7, 11) is 0. The smallest absolute Gasteiger partial charge is 0.294 e. The molecular formula is C16H20N6O3. The van der Waals surface area contributed by atoms with Crippen molar-refractivity contribution in [1.29, 1.82) is 0 Å². The number of hydrogen-bond donors (Lipinski definition) is 0. The fourth-order valence-corrected chi connectivity index (χ4v) is 2.95. The van der Waals surface area contributed by atoms with Crippen molar-refractivity contribution in [3.63, 3.8) is 0 Å². The van der Waals surface area contributed by atoms with Crippen LogP contribution in [0.5, 0.6) is 0 Å². The minimum Gasteiger partial charge on any atom is -0.362 e. The molecule has 1 amide bonds. The minimum absolute atomic E-state index is 0.0369. The number of nitro groups is 1. The fourth-order valence-electron chi connectivity index (χ4n) is 2.95. The molecule has 1 aromatic heterocycles. The summed E-state index contributed by atoms with van der Waals surface area (Å²) in [5.41, 5.74) is 1.24. The molecule has 2 aromatic rings. The molecule has 0 aliphatic carbocycles. The van der Waals surface area contributed by atoms with Crippen molar-refractivity contribution >= 4 is 17.3 Å². The molecule has 3 rings (SSSR count). The fraction of sp³-hybridized carbons (Fsp3) is 0.438. The van der Waals surface area contributed by atoms with E-state index in [1.807, 2.05) is 23.6 Å². The zero-order valence-electron chi connectivity index (χ0n) is 14.2. The van der Waals surface area contributed by atoms with Gasteiger partial charge in [-0.2, -0.15) is 0 Å². The predicted octanol–water partition coefficient (Wildman–Crippen LogP) is 1.48. The highest BCUT2D eigenvalue weighted by Crippen LogP contribution is 2.31. The average molecular weight is 344 g/mol. The quantitative estimate of drug-likeness (QED) is 0.615. The van der Waals surface area contributed by atoms with Crippen LogP contribution in [0.2, 0.25) is 0 Å². The summed E-state index contributed by atoms with van der Waals surface area (Å²) in [5, 5.41) is 19.0. The van der Waals surface area contributed by atoms with Crippen LogP contribution in [0.1, 0.15) is 13.8 Å². The monoisotopic (exact) mass is 344 g/mol. The summed E-state index contributed by atoms with van der Waals surface area (Å²) >= 11 is 0. The first kappa shape index (κ1) is 16.9. The van der Waals surface area contributed by atoms with E-state index in [1.165, 1.54) is 18.7 Å². The lowest BCUT2D eigenvalue weighted by atomic mass is 10.1. The third-order valence-electron chi connectivity index (χ3n) is 4.30. The Balaban J connectivity index is 1.81. The van der Waals surface area contributed by atoms with Gasteiger partial charge < -0.3 is 9.80 Å². The van der Waals surface area contributed by atoms with Crippen LogP contribution < -0.4 is 4.90 Å². The topological polar surface area (TPSA) is 97.4 Å². The van der Waals surface area contributed by atoms with Gasteiger partial charge in [0, 0.05) is 38.2 Å². The molecule has 0 spiro atoms. The van der Waals surface area contributed by atoms with Gasteiger partial charge in [-0.25, -0.2) is 0 Å². The number of hydrogen-bond acceptors (Lipinski definition) is 6. The molecule has 0 N–H and O–H groups in total. The van der Waals surface area contributed by atoms with Crippen molar-refractivity contribution in [2.45, 2.75) is 13.8 Å². The molecule has 9 nitrogen and oxygen atoms in total. The van der Waals surface area contributed by atoms with Gasteiger partial charge in [-0.05, 0) is 12.1 Å². The number of anilines is 1. The molecule has 0 atom stereocenters. The molecule has 1 saturated heterocycles. The van der Waals surface area contributed by atoms with Gasteiger partial charge in [-0.1, -0.05) is 13.8 Å². The van der Waals surface area contributed by atoms with Gasteiger partial charge in [0.2, 0.25) is 5.91 Å². The Morgan fingerprint density at radius 3 is 2.36 bits per heavy atom. The third kappa shape index (κ3) is 3.44. The van der Waals surface area contributed by atoms with Gasteiger partial charge in [-0.3, -0.25) is 19.5 Å². The summed E-state index contributed by atoms with van der Waals surface area (Å²) in [5.74, 6) is 0.0843. The van der Waals surface area contributed by atoms with E-state index in [2.05, 4.69) is 10.2 Å². The van der Waals surface area contributed by atoms with E-state index in [4.69, 9.17) is 0 Å². The number of piperazine rings is 1. The first-order valence-corrected chi connectivity index (χ1v) is 8.14. The summed E-state index contributed by atoms with van der Waals surface area (Å²) < 4.78 is 1.62. The zero-order chi connectivity index (χ0) is 18.0. The Labute approximate surface area is 145 Å². The van der Waals surface area contributed by atoms with Crippen LogP contribution in [0, 0.1) is 16.0 Å². The SMILES string of the molecule is CC(C)C(=O)N1CCN(c2ccc(-n3cnnc3)cc2[N+](=O)[O-])CC1. The Kier molecular flexibility index (Phi) is 4.64. The lowest BCUT2D eigenvalue weighted by Crippen LogP contribution is -2.50. The molecule has 0 saturated carbocycles. The minimum atomic E-state index is -0.380. The largest absolute Gasteiger partial charge is 0.362 e. The van der Waals surface area contributed by atoms with Crippen molar-refractivity contribution in [3.05, 3.63) is 41.0 Å². The Morgan fingerprint density at radius 2 is 1.80 bits per heavy atom. The Morgan fingerprint density at radius 1 is 1.16 bits per heavy atom. The van der Waals surface area contributed by atoms with Gasteiger partial charge >= 0.3 is 0 Å². The molecule has 25 heavy (non-hydrogen) atoms. The predicted molar refractivity (Wildman–Crippen MR) is 91.6 cm³/mol. The summed E-state index contributed by atoms with van der Waals surface area (Å²) in [6, 6.07) is 5.06. The number of carbonyl (C=O) groups excluding carboxylic acids is 1. The standard InChI is InChI=1S/C16H20N6O3/c1-12(2)16(23)20-7-5-19(6-8-20)14-4-3-13(9-15(14)22(24)25)21-10-17-18-11-21/h3-4,9-12H,5-8H2,1-2H3. The van der Waals surface area contributed by atoms with Crippen LogP contribution in [0.3, 0.4) is 0 Å². The van der Waals surface area contributed by atoms with E-state index in [-0.39, 0.29) is 22.4 Å². The lowest BCUT2D eigenvalue weighted by Gasteiger charge is -2.36. The van der Waals surface area contributed by atoms with E-state index < -0.39 is 0 Å². The third-order valence-corrected chi connectivity index (χ3v) is 4.30. The Hall–Kier alpha value is -2.97. The van der Waals surface area contributed by atoms with Gasteiger partial charge in [0.05, 0.1) is 10.6 Å². The second-order valence-electron chi connectivity index (χ2n) is 6.27. The van der Waals surface area contributed by atoms with Crippen molar-refractivity contribution in [3.8, 4) is 5.69 Å². The second-order valence-corrected chi connectivity index (χ2v) is 6.27. The van der Waals surface area contributed by atoms with Crippen LogP contribution in [0.15, 0.2) is 30.9 Å². The number of aromatic nitrogens is 3. The first-order chi connectivity index (χ1) is 12.0. The maximum absolute atomic E-state index is 12.1. The van der Waals surface area contributed by atoms with Crippen LogP contribution in [-0.2, 0) is 4.79 Å². The van der Waals surface area contributed by atoms with Gasteiger partial charge in [-0.15, -0.1) is 10.2 Å². The van der Waals surface area contributed by atoms with E-state index in [1.54, 1.807) is 16.7 Å². The molecule has 1 fully saturated rings. The number of benzene rings is 1. The van der Waals surface area contributed by atoms with Crippen molar-refractivity contribution in [2.75, 3.05) is 31.1 Å². The molecule has 9 heteroatoms. The maximum atomic E-state index is 12.1. The number of nitro benzene ring substituents is 1. The van der Waals surface area contributed by atoms with E-state index in [9.17, 15) is 14.9 Å². The molecule has 0 bridgehead atoms. The van der Waals surface area contributed by atoms with E-state index in [0.717, 1.165) is 0 Å². The maximum Gasteiger partial charge on any atom is 0.294 e. The van der Waals surface area contributed by atoms with Crippen LogP contribution in [0.4, 0.5) is 11.4 Å². The highest BCUT2D eigenvalue weighted by molar-refractivity contribution is 5.78. The summed E-state index contributed by atoms with van der Waals surface area (Å²) in [6.07, 6.45) is 2.99. The molecule has 132 valence electrons. The van der Waals surface area contributed by atoms with Gasteiger partial charge in [0.25, 0.3) is 5.69 Å². The van der Waals surface area contributed by atoms with E-state index in [0.29, 0.717) is 37.6 Å². The molecule has 1 aliphatic rings. The lowest BCUT2D eigenvalue weighted by molar-refractivity contribution is -0.384. The van der Waals surface area contributed by atoms with Gasteiger partial charge in [0.1, 0.15) is 18.3 Å². The number of nitrogens with zero attached hydrogens (tertiary/aromatic N) is 6. The van der Waals surface area contributed by atoms with E-state index >= 15 is 0 Å². The molecule has 0 radical (unpaired) electrons. The highest BCUT2D eigenvalue weighted by atomic mass is 16.6.